The van der Waals surface area contributed by atoms with E-state index in [0.717, 1.165) is 10.2 Å². The van der Waals surface area contributed by atoms with E-state index in [1.54, 1.807) is 32.0 Å². The minimum atomic E-state index is -0.367. The zero-order chi connectivity index (χ0) is 16.3. The number of hydrogen-bond donors (Lipinski definition) is 2. The Hall–Kier alpha value is -2.06. The molecule has 116 valence electrons. The fourth-order valence-corrected chi connectivity index (χ4v) is 2.89. The molecule has 1 amide bonds. The number of carbonyl (C=O) groups excluding carboxylic acids is 2. The van der Waals surface area contributed by atoms with Crippen molar-refractivity contribution in [1.29, 1.82) is 0 Å². The van der Waals surface area contributed by atoms with Gasteiger partial charge in [-0.25, -0.2) is 9.78 Å². The lowest BCUT2D eigenvalue weighted by Gasteiger charge is -2.07. The maximum Gasteiger partial charge on any atom is 0.338 e. The van der Waals surface area contributed by atoms with Crippen molar-refractivity contribution in [3.8, 4) is 0 Å². The molecule has 0 bridgehead atoms. The lowest BCUT2D eigenvalue weighted by Crippen LogP contribution is -2.32. The minimum absolute atomic E-state index is 0.170. The highest BCUT2D eigenvalue weighted by atomic mass is 32.1. The number of ether oxygens (including phenoxy) is 1. The van der Waals surface area contributed by atoms with Gasteiger partial charge in [0, 0.05) is 6.92 Å². The molecule has 0 fully saturated rings. The number of nitrogens with zero attached hydrogens (tertiary/aromatic N) is 1. The summed E-state index contributed by atoms with van der Waals surface area (Å²) in [7, 11) is 0. The lowest BCUT2D eigenvalue weighted by molar-refractivity contribution is -0.117. The summed E-state index contributed by atoms with van der Waals surface area (Å²) < 4.78 is 5.99. The summed E-state index contributed by atoms with van der Waals surface area (Å²) >= 11 is 6.32. The molecule has 22 heavy (non-hydrogen) atoms. The van der Waals surface area contributed by atoms with E-state index in [1.807, 2.05) is 0 Å². The normalized spacial score (nSPS) is 10.5. The Labute approximate surface area is 136 Å². The number of nitrogens with one attached hydrogen (secondary N) is 2. The van der Waals surface area contributed by atoms with Gasteiger partial charge in [0.2, 0.25) is 5.91 Å². The second-order valence-corrected chi connectivity index (χ2v) is 6.23. The third kappa shape index (κ3) is 4.22. The number of thiazole rings is 1. The summed E-state index contributed by atoms with van der Waals surface area (Å²) in [6.07, 6.45) is -0.170. The first-order chi connectivity index (χ1) is 10.3. The van der Waals surface area contributed by atoms with Crippen LogP contribution in [0.2, 0.25) is 0 Å². The van der Waals surface area contributed by atoms with Crippen LogP contribution in [0.3, 0.4) is 0 Å². The van der Waals surface area contributed by atoms with Crippen LogP contribution in [-0.4, -0.2) is 28.1 Å². The van der Waals surface area contributed by atoms with Crippen LogP contribution in [-0.2, 0) is 9.53 Å². The molecule has 0 radical (unpaired) electrons. The number of anilines is 1. The van der Waals surface area contributed by atoms with Gasteiger partial charge in [-0.2, -0.15) is 0 Å². The number of hydrogen-bond acceptors (Lipinski definition) is 6. The van der Waals surface area contributed by atoms with Crippen molar-refractivity contribution in [2.45, 2.75) is 26.9 Å². The summed E-state index contributed by atoms with van der Waals surface area (Å²) in [5, 5.41) is 6.03. The Balaban J connectivity index is 2.18. The second kappa shape index (κ2) is 6.80. The van der Waals surface area contributed by atoms with Crippen LogP contribution in [0.1, 0.15) is 31.1 Å². The first kappa shape index (κ1) is 16.3. The number of aromatic nitrogens is 1. The van der Waals surface area contributed by atoms with Crippen LogP contribution in [0.25, 0.3) is 10.2 Å². The summed E-state index contributed by atoms with van der Waals surface area (Å²) in [5.74, 6) is -0.620. The molecule has 2 N–H and O–H groups in total. The number of benzene rings is 1. The maximum atomic E-state index is 11.9. The highest BCUT2D eigenvalue weighted by Crippen LogP contribution is 2.27. The number of esters is 1. The largest absolute Gasteiger partial charge is 0.459 e. The maximum absolute atomic E-state index is 11.9. The molecule has 0 atom stereocenters. The quantitative estimate of drug-likeness (QED) is 0.662. The van der Waals surface area contributed by atoms with Crippen molar-refractivity contribution < 1.29 is 14.3 Å². The van der Waals surface area contributed by atoms with E-state index in [4.69, 9.17) is 17.0 Å². The van der Waals surface area contributed by atoms with E-state index in [9.17, 15) is 9.59 Å². The molecule has 0 aliphatic carbocycles. The number of carbonyl (C=O) groups is 2. The van der Waals surface area contributed by atoms with Gasteiger partial charge in [0.1, 0.15) is 0 Å². The number of rotatable bonds is 3. The van der Waals surface area contributed by atoms with E-state index < -0.39 is 0 Å². The molecule has 0 aliphatic heterocycles. The van der Waals surface area contributed by atoms with Crippen molar-refractivity contribution >= 4 is 55.9 Å². The van der Waals surface area contributed by atoms with Gasteiger partial charge >= 0.3 is 5.97 Å². The lowest BCUT2D eigenvalue weighted by atomic mass is 10.2. The van der Waals surface area contributed by atoms with Crippen molar-refractivity contribution in [2.75, 3.05) is 5.32 Å². The molecule has 0 aliphatic rings. The van der Waals surface area contributed by atoms with E-state index in [0.29, 0.717) is 10.7 Å². The highest BCUT2D eigenvalue weighted by Gasteiger charge is 2.12. The van der Waals surface area contributed by atoms with Crippen molar-refractivity contribution in [1.82, 2.24) is 10.3 Å². The highest BCUT2D eigenvalue weighted by molar-refractivity contribution is 7.80. The average Bonchev–Trinajstić information content (AvgIpc) is 2.77. The zero-order valence-electron chi connectivity index (χ0n) is 12.3. The molecule has 1 aromatic carbocycles. The summed E-state index contributed by atoms with van der Waals surface area (Å²) in [4.78, 5) is 27.1. The second-order valence-electron chi connectivity index (χ2n) is 4.79. The molecular weight excluding hydrogens is 322 g/mol. The van der Waals surface area contributed by atoms with Crippen LogP contribution in [0.4, 0.5) is 5.13 Å². The van der Waals surface area contributed by atoms with E-state index in [1.165, 1.54) is 18.3 Å². The third-order valence-electron chi connectivity index (χ3n) is 2.48. The zero-order valence-corrected chi connectivity index (χ0v) is 13.9. The molecule has 0 saturated heterocycles. The monoisotopic (exact) mass is 337 g/mol. The van der Waals surface area contributed by atoms with Gasteiger partial charge in [-0.05, 0) is 44.3 Å². The van der Waals surface area contributed by atoms with E-state index in [-0.39, 0.29) is 23.1 Å². The van der Waals surface area contributed by atoms with Gasteiger partial charge in [0.25, 0.3) is 0 Å². The standard InChI is InChI=1S/C14H15N3O3S2/c1-7(2)20-12(19)9-4-5-10-11(6-9)22-14(16-10)17-13(21)15-8(3)18/h4-7H,1-3H3,(H2,15,16,17,18,21). The molecule has 6 nitrogen and oxygen atoms in total. The fraction of sp³-hybridized carbons (Fsp3) is 0.286. The first-order valence-electron chi connectivity index (χ1n) is 6.55. The molecule has 0 spiro atoms. The molecule has 1 heterocycles. The Bertz CT molecular complexity index is 740. The van der Waals surface area contributed by atoms with Gasteiger partial charge in [0.15, 0.2) is 10.2 Å². The smallest absolute Gasteiger partial charge is 0.338 e. The van der Waals surface area contributed by atoms with Crippen LogP contribution < -0.4 is 10.6 Å². The summed E-state index contributed by atoms with van der Waals surface area (Å²) in [5.41, 5.74) is 1.21. The van der Waals surface area contributed by atoms with Crippen molar-refractivity contribution in [2.24, 2.45) is 0 Å². The Morgan fingerprint density at radius 2 is 2.09 bits per heavy atom. The number of thiocarbonyl (C=S) groups is 1. The predicted molar refractivity (Wildman–Crippen MR) is 90.2 cm³/mol. The molecular formula is C14H15N3O3S2. The van der Waals surface area contributed by atoms with Gasteiger partial charge in [-0.15, -0.1) is 0 Å². The molecule has 1 aromatic heterocycles. The Kier molecular flexibility index (Phi) is 5.04. The SMILES string of the molecule is CC(=O)NC(=S)Nc1nc2ccc(C(=O)OC(C)C)cc2s1. The van der Waals surface area contributed by atoms with Crippen LogP contribution in [0.5, 0.6) is 0 Å². The van der Waals surface area contributed by atoms with E-state index >= 15 is 0 Å². The first-order valence-corrected chi connectivity index (χ1v) is 7.78. The van der Waals surface area contributed by atoms with Crippen LogP contribution >= 0.6 is 23.6 Å². The summed E-state index contributed by atoms with van der Waals surface area (Å²) in [6, 6.07) is 5.14. The van der Waals surface area contributed by atoms with Crippen molar-refractivity contribution in [3.63, 3.8) is 0 Å². The van der Waals surface area contributed by atoms with Gasteiger partial charge < -0.3 is 15.4 Å². The van der Waals surface area contributed by atoms with Crippen LogP contribution in [0.15, 0.2) is 18.2 Å². The Morgan fingerprint density at radius 1 is 1.36 bits per heavy atom. The topological polar surface area (TPSA) is 80.3 Å². The number of fused-ring (bicyclic) bond motifs is 1. The van der Waals surface area contributed by atoms with E-state index in [2.05, 4.69) is 15.6 Å². The van der Waals surface area contributed by atoms with Gasteiger partial charge in [-0.3, -0.25) is 4.79 Å². The fourth-order valence-electron chi connectivity index (χ4n) is 1.68. The Morgan fingerprint density at radius 3 is 2.73 bits per heavy atom. The van der Waals surface area contributed by atoms with Gasteiger partial charge in [-0.1, -0.05) is 11.3 Å². The molecule has 0 saturated carbocycles. The molecule has 0 unspecified atom stereocenters. The number of amides is 1. The predicted octanol–water partition coefficient (Wildman–Crippen LogP) is 2.69. The molecule has 2 aromatic rings. The molecule has 8 heteroatoms. The van der Waals surface area contributed by atoms with Crippen molar-refractivity contribution in [3.05, 3.63) is 23.8 Å². The minimum Gasteiger partial charge on any atom is -0.459 e. The van der Waals surface area contributed by atoms with Gasteiger partial charge in [0.05, 0.1) is 21.9 Å². The average molecular weight is 337 g/mol. The summed E-state index contributed by atoms with van der Waals surface area (Å²) in [6.45, 7) is 4.97. The molecule has 2 rings (SSSR count). The third-order valence-corrected chi connectivity index (χ3v) is 3.61. The van der Waals surface area contributed by atoms with Crippen LogP contribution in [0, 0.1) is 0 Å².